The van der Waals surface area contributed by atoms with E-state index in [0.29, 0.717) is 26.2 Å². The molecular weight excluding hydrogens is 242 g/mol. The van der Waals surface area contributed by atoms with Crippen molar-refractivity contribution in [3.63, 3.8) is 0 Å². The fourth-order valence-corrected chi connectivity index (χ4v) is 2.74. The van der Waals surface area contributed by atoms with Crippen LogP contribution in [0, 0.1) is 12.3 Å². The molecule has 1 atom stereocenters. The molecule has 4 nitrogen and oxygen atoms in total. The fraction of sp³-hybridized carbons (Fsp3) is 0.533. The van der Waals surface area contributed by atoms with E-state index in [1.54, 1.807) is 0 Å². The van der Waals surface area contributed by atoms with E-state index < -0.39 is 11.4 Å². The van der Waals surface area contributed by atoms with E-state index in [-0.39, 0.29) is 0 Å². The van der Waals surface area contributed by atoms with Gasteiger partial charge in [-0.15, -0.1) is 0 Å². The van der Waals surface area contributed by atoms with Gasteiger partial charge >= 0.3 is 5.97 Å². The lowest BCUT2D eigenvalue weighted by Crippen LogP contribution is -2.47. The second-order valence-corrected chi connectivity index (χ2v) is 5.38. The van der Waals surface area contributed by atoms with E-state index in [4.69, 9.17) is 4.74 Å². The van der Waals surface area contributed by atoms with E-state index >= 15 is 0 Å². The predicted molar refractivity (Wildman–Crippen MR) is 74.6 cm³/mol. The summed E-state index contributed by atoms with van der Waals surface area (Å²) in [6.45, 7) is 3.49. The van der Waals surface area contributed by atoms with Crippen molar-refractivity contribution in [3.05, 3.63) is 29.8 Å². The lowest BCUT2D eigenvalue weighted by molar-refractivity contribution is -0.156. The monoisotopic (exact) mass is 263 g/mol. The highest BCUT2D eigenvalue weighted by atomic mass is 16.5. The second-order valence-electron chi connectivity index (χ2n) is 5.38. The molecule has 0 amide bonds. The van der Waals surface area contributed by atoms with E-state index in [2.05, 4.69) is 0 Å². The van der Waals surface area contributed by atoms with Gasteiger partial charge in [0.2, 0.25) is 0 Å². The third kappa shape index (κ3) is 2.89. The summed E-state index contributed by atoms with van der Waals surface area (Å²) in [6, 6.07) is 8.03. The number of para-hydroxylation sites is 1. The summed E-state index contributed by atoms with van der Waals surface area (Å²) in [7, 11) is 1.95. The molecule has 19 heavy (non-hydrogen) atoms. The average Bonchev–Trinajstić information content (AvgIpc) is 2.40. The minimum Gasteiger partial charge on any atom is -0.481 e. The number of rotatable bonds is 4. The highest BCUT2D eigenvalue weighted by Gasteiger charge is 2.41. The number of carboxylic acid groups (broad SMARTS) is 1. The molecule has 1 aliphatic rings. The van der Waals surface area contributed by atoms with Crippen LogP contribution in [0.15, 0.2) is 24.3 Å². The van der Waals surface area contributed by atoms with Crippen LogP contribution in [0.25, 0.3) is 0 Å². The first kappa shape index (κ1) is 13.9. The van der Waals surface area contributed by atoms with Crippen molar-refractivity contribution in [3.8, 4) is 0 Å². The maximum absolute atomic E-state index is 11.6. The van der Waals surface area contributed by atoms with Crippen LogP contribution >= 0.6 is 0 Å². The molecule has 1 aliphatic heterocycles. The molecule has 1 aromatic rings. The van der Waals surface area contributed by atoms with Crippen molar-refractivity contribution in [2.75, 3.05) is 31.7 Å². The van der Waals surface area contributed by atoms with Gasteiger partial charge in [0.25, 0.3) is 0 Å². The molecule has 1 aromatic carbocycles. The van der Waals surface area contributed by atoms with Gasteiger partial charge < -0.3 is 14.7 Å². The number of carbonyl (C=O) groups is 1. The Kier molecular flexibility index (Phi) is 4.10. The van der Waals surface area contributed by atoms with Crippen LogP contribution < -0.4 is 4.90 Å². The standard InChI is InChI=1S/C15H21NO3/c1-12-6-3-4-7-13(12)16(2)10-15(14(17)18)8-5-9-19-11-15/h3-4,6-7H,5,8-11H2,1-2H3,(H,17,18). The molecule has 1 saturated heterocycles. The molecular formula is C15H21NO3. The van der Waals surface area contributed by atoms with Crippen LogP contribution in [-0.2, 0) is 9.53 Å². The van der Waals surface area contributed by atoms with Gasteiger partial charge in [-0.2, -0.15) is 0 Å². The third-order valence-corrected chi connectivity index (χ3v) is 3.84. The van der Waals surface area contributed by atoms with Gasteiger partial charge in [0.15, 0.2) is 0 Å². The van der Waals surface area contributed by atoms with Crippen molar-refractivity contribution in [2.24, 2.45) is 5.41 Å². The smallest absolute Gasteiger partial charge is 0.313 e. The zero-order valence-electron chi connectivity index (χ0n) is 11.6. The van der Waals surface area contributed by atoms with E-state index in [1.165, 1.54) is 0 Å². The first-order valence-electron chi connectivity index (χ1n) is 6.63. The van der Waals surface area contributed by atoms with Gasteiger partial charge in [0, 0.05) is 25.9 Å². The molecule has 4 heteroatoms. The number of anilines is 1. The van der Waals surface area contributed by atoms with Crippen LogP contribution in [0.2, 0.25) is 0 Å². The molecule has 1 heterocycles. The molecule has 1 fully saturated rings. The maximum Gasteiger partial charge on any atom is 0.313 e. The Morgan fingerprint density at radius 2 is 2.21 bits per heavy atom. The Hall–Kier alpha value is -1.55. The summed E-state index contributed by atoms with van der Waals surface area (Å²) in [5, 5.41) is 9.55. The van der Waals surface area contributed by atoms with Crippen molar-refractivity contribution in [1.29, 1.82) is 0 Å². The Morgan fingerprint density at radius 3 is 2.79 bits per heavy atom. The number of aliphatic carboxylic acids is 1. The highest BCUT2D eigenvalue weighted by Crippen LogP contribution is 2.32. The molecule has 2 rings (SSSR count). The second kappa shape index (κ2) is 5.61. The molecule has 0 bridgehead atoms. The molecule has 0 aromatic heterocycles. The van der Waals surface area contributed by atoms with Crippen LogP contribution in [-0.4, -0.2) is 37.9 Å². The topological polar surface area (TPSA) is 49.8 Å². The third-order valence-electron chi connectivity index (χ3n) is 3.84. The summed E-state index contributed by atoms with van der Waals surface area (Å²) in [5.74, 6) is -0.757. The number of carboxylic acids is 1. The van der Waals surface area contributed by atoms with Gasteiger partial charge in [-0.05, 0) is 31.4 Å². The number of aryl methyl sites for hydroxylation is 1. The van der Waals surface area contributed by atoms with Gasteiger partial charge in [0.1, 0.15) is 5.41 Å². The summed E-state index contributed by atoms with van der Waals surface area (Å²) < 4.78 is 5.41. The number of benzene rings is 1. The van der Waals surface area contributed by atoms with Crippen LogP contribution in [0.5, 0.6) is 0 Å². The molecule has 0 aliphatic carbocycles. The number of ether oxygens (including phenoxy) is 1. The zero-order chi connectivity index (χ0) is 13.9. The Balaban J connectivity index is 2.18. The average molecular weight is 263 g/mol. The molecule has 104 valence electrons. The summed E-state index contributed by atoms with van der Waals surface area (Å²) in [5.41, 5.74) is 1.45. The highest BCUT2D eigenvalue weighted by molar-refractivity contribution is 5.76. The van der Waals surface area contributed by atoms with Gasteiger partial charge in [0.05, 0.1) is 6.61 Å². The first-order chi connectivity index (χ1) is 9.05. The number of hydrogen-bond donors (Lipinski definition) is 1. The van der Waals surface area contributed by atoms with Crippen molar-refractivity contribution < 1.29 is 14.6 Å². The summed E-state index contributed by atoms with van der Waals surface area (Å²) in [4.78, 5) is 13.6. The number of hydrogen-bond acceptors (Lipinski definition) is 3. The zero-order valence-corrected chi connectivity index (χ0v) is 11.6. The Labute approximate surface area is 114 Å². The maximum atomic E-state index is 11.6. The minimum absolute atomic E-state index is 0.304. The molecule has 0 spiro atoms. The molecule has 0 radical (unpaired) electrons. The quantitative estimate of drug-likeness (QED) is 0.905. The van der Waals surface area contributed by atoms with E-state index in [1.807, 2.05) is 43.1 Å². The Morgan fingerprint density at radius 1 is 1.47 bits per heavy atom. The van der Waals surface area contributed by atoms with E-state index in [9.17, 15) is 9.90 Å². The molecule has 1 unspecified atom stereocenters. The number of nitrogens with zero attached hydrogens (tertiary/aromatic N) is 1. The first-order valence-corrected chi connectivity index (χ1v) is 6.63. The lowest BCUT2D eigenvalue weighted by Gasteiger charge is -2.37. The van der Waals surface area contributed by atoms with Crippen LogP contribution in [0.1, 0.15) is 18.4 Å². The van der Waals surface area contributed by atoms with E-state index in [0.717, 1.165) is 17.7 Å². The van der Waals surface area contributed by atoms with Gasteiger partial charge in [-0.1, -0.05) is 18.2 Å². The summed E-state index contributed by atoms with van der Waals surface area (Å²) in [6.07, 6.45) is 1.49. The largest absolute Gasteiger partial charge is 0.481 e. The SMILES string of the molecule is Cc1ccccc1N(C)CC1(C(=O)O)CCCOC1. The van der Waals surface area contributed by atoms with Crippen molar-refractivity contribution >= 4 is 11.7 Å². The lowest BCUT2D eigenvalue weighted by atomic mass is 9.82. The minimum atomic E-state index is -0.782. The van der Waals surface area contributed by atoms with Crippen molar-refractivity contribution in [2.45, 2.75) is 19.8 Å². The summed E-state index contributed by atoms with van der Waals surface area (Å²) >= 11 is 0. The van der Waals surface area contributed by atoms with Crippen molar-refractivity contribution in [1.82, 2.24) is 0 Å². The van der Waals surface area contributed by atoms with Crippen LogP contribution in [0.4, 0.5) is 5.69 Å². The van der Waals surface area contributed by atoms with Gasteiger partial charge in [-0.3, -0.25) is 4.79 Å². The Bertz CT molecular complexity index is 452. The molecule has 0 saturated carbocycles. The van der Waals surface area contributed by atoms with Crippen LogP contribution in [0.3, 0.4) is 0 Å². The predicted octanol–water partition coefficient (Wildman–Crippen LogP) is 2.31. The fourth-order valence-electron chi connectivity index (χ4n) is 2.74. The van der Waals surface area contributed by atoms with Gasteiger partial charge in [-0.25, -0.2) is 0 Å². The molecule has 1 N–H and O–H groups in total. The normalized spacial score (nSPS) is 23.1.